The highest BCUT2D eigenvalue weighted by Crippen LogP contribution is 2.18. The van der Waals surface area contributed by atoms with Crippen LogP contribution in [0.15, 0.2) is 35.0 Å². The molecule has 4 nitrogen and oxygen atoms in total. The van der Waals surface area contributed by atoms with Crippen molar-refractivity contribution in [3.63, 3.8) is 0 Å². The number of aryl methyl sites for hydroxylation is 1. The van der Waals surface area contributed by atoms with E-state index in [0.29, 0.717) is 12.3 Å². The number of ether oxygens (including phenoxy) is 2. The normalized spacial score (nSPS) is 12.1. The van der Waals surface area contributed by atoms with E-state index in [0.717, 1.165) is 12.3 Å². The summed E-state index contributed by atoms with van der Waals surface area (Å²) in [6.45, 7) is 3.61. The Hall–Kier alpha value is -1.56. The summed E-state index contributed by atoms with van der Waals surface area (Å²) in [5.74, 6) is 1.44. The predicted octanol–water partition coefficient (Wildman–Crippen LogP) is 2.59. The molecule has 2 aromatic rings. The number of methoxy groups -OCH3 is 1. The van der Waals surface area contributed by atoms with Gasteiger partial charge in [0.1, 0.15) is 24.2 Å². The van der Waals surface area contributed by atoms with E-state index in [1.807, 2.05) is 18.2 Å². The Morgan fingerprint density at radius 2 is 2.10 bits per heavy atom. The summed E-state index contributed by atoms with van der Waals surface area (Å²) >= 11 is 1.70. The highest BCUT2D eigenvalue weighted by atomic mass is 32.1. The average molecular weight is 307 g/mol. The molecule has 2 N–H and O–H groups in total. The van der Waals surface area contributed by atoms with Crippen molar-refractivity contribution in [2.75, 3.05) is 20.3 Å². The van der Waals surface area contributed by atoms with Crippen molar-refractivity contribution in [3.8, 4) is 11.5 Å². The second-order valence-corrected chi connectivity index (χ2v) is 5.60. The Kier molecular flexibility index (Phi) is 6.04. The van der Waals surface area contributed by atoms with Crippen molar-refractivity contribution in [2.24, 2.45) is 0 Å². The number of thiophene rings is 1. The molecule has 0 amide bonds. The molecule has 1 unspecified atom stereocenters. The van der Waals surface area contributed by atoms with E-state index in [1.165, 1.54) is 11.1 Å². The molecule has 2 rings (SSSR count). The minimum atomic E-state index is -0.546. The molecule has 0 fully saturated rings. The quantitative estimate of drug-likeness (QED) is 0.787. The van der Waals surface area contributed by atoms with Crippen LogP contribution in [0.1, 0.15) is 11.1 Å². The van der Waals surface area contributed by atoms with Crippen LogP contribution in [0, 0.1) is 6.92 Å². The Morgan fingerprint density at radius 1 is 1.29 bits per heavy atom. The smallest absolute Gasteiger partial charge is 0.123 e. The number of hydrogen-bond acceptors (Lipinski definition) is 5. The van der Waals surface area contributed by atoms with Gasteiger partial charge < -0.3 is 19.9 Å². The molecule has 0 saturated carbocycles. The number of benzene rings is 1. The zero-order valence-corrected chi connectivity index (χ0v) is 13.2. The molecule has 0 bridgehead atoms. The van der Waals surface area contributed by atoms with Crippen LogP contribution in [0.3, 0.4) is 0 Å². The first-order chi connectivity index (χ1) is 10.2. The number of rotatable bonds is 8. The van der Waals surface area contributed by atoms with Gasteiger partial charge in [0.25, 0.3) is 0 Å². The lowest BCUT2D eigenvalue weighted by atomic mass is 10.2. The molecular formula is C16H21NO3S. The maximum atomic E-state index is 9.92. The van der Waals surface area contributed by atoms with Gasteiger partial charge in [-0.05, 0) is 40.9 Å². The van der Waals surface area contributed by atoms with Gasteiger partial charge in [-0.1, -0.05) is 6.07 Å². The molecule has 114 valence electrons. The van der Waals surface area contributed by atoms with Gasteiger partial charge in [-0.3, -0.25) is 0 Å². The van der Waals surface area contributed by atoms with Gasteiger partial charge in [-0.2, -0.15) is 11.3 Å². The van der Waals surface area contributed by atoms with E-state index in [9.17, 15) is 5.11 Å². The van der Waals surface area contributed by atoms with Crippen LogP contribution < -0.4 is 14.8 Å². The van der Waals surface area contributed by atoms with Gasteiger partial charge in [-0.15, -0.1) is 0 Å². The summed E-state index contributed by atoms with van der Waals surface area (Å²) in [6.07, 6.45) is -0.546. The van der Waals surface area contributed by atoms with Gasteiger partial charge in [0.15, 0.2) is 0 Å². The van der Waals surface area contributed by atoms with Crippen LogP contribution in [-0.2, 0) is 6.54 Å². The highest BCUT2D eigenvalue weighted by molar-refractivity contribution is 7.08. The fourth-order valence-corrected chi connectivity index (χ4v) is 2.74. The van der Waals surface area contributed by atoms with Crippen LogP contribution >= 0.6 is 11.3 Å². The number of nitrogens with one attached hydrogen (secondary N) is 1. The van der Waals surface area contributed by atoms with Crippen LogP contribution in [-0.4, -0.2) is 31.5 Å². The number of aliphatic hydroxyl groups is 1. The second kappa shape index (κ2) is 8.02. The van der Waals surface area contributed by atoms with Gasteiger partial charge in [0, 0.05) is 19.2 Å². The van der Waals surface area contributed by atoms with Gasteiger partial charge in [0.05, 0.1) is 7.11 Å². The van der Waals surface area contributed by atoms with Crippen LogP contribution in [0.5, 0.6) is 11.5 Å². The van der Waals surface area contributed by atoms with Gasteiger partial charge in [0.2, 0.25) is 0 Å². The maximum Gasteiger partial charge on any atom is 0.123 e. The zero-order chi connectivity index (χ0) is 15.1. The summed E-state index contributed by atoms with van der Waals surface area (Å²) in [5, 5.41) is 17.4. The van der Waals surface area contributed by atoms with Crippen molar-refractivity contribution in [3.05, 3.63) is 46.2 Å². The standard InChI is InChI=1S/C16H21NO3S/c1-12-10-21-11-13(12)7-17-8-14(18)9-20-16-5-3-4-15(6-16)19-2/h3-6,10-11,14,17-18H,7-9H2,1-2H3. The largest absolute Gasteiger partial charge is 0.497 e. The second-order valence-electron chi connectivity index (χ2n) is 4.85. The van der Waals surface area contributed by atoms with E-state index in [2.05, 4.69) is 23.0 Å². The first-order valence-electron chi connectivity index (χ1n) is 6.86. The summed E-state index contributed by atoms with van der Waals surface area (Å²) in [5.41, 5.74) is 2.57. The lowest BCUT2D eigenvalue weighted by Crippen LogP contribution is -2.31. The van der Waals surface area contributed by atoms with E-state index in [-0.39, 0.29) is 6.61 Å². The van der Waals surface area contributed by atoms with Crippen molar-refractivity contribution < 1.29 is 14.6 Å². The molecule has 1 atom stereocenters. The average Bonchev–Trinajstić information content (AvgIpc) is 2.91. The molecule has 0 aliphatic heterocycles. The Labute approximate surface area is 129 Å². The van der Waals surface area contributed by atoms with Crippen LogP contribution in [0.4, 0.5) is 0 Å². The van der Waals surface area contributed by atoms with Crippen molar-refractivity contribution in [1.82, 2.24) is 5.32 Å². The van der Waals surface area contributed by atoms with E-state index in [1.54, 1.807) is 24.5 Å². The van der Waals surface area contributed by atoms with Crippen LogP contribution in [0.25, 0.3) is 0 Å². The molecule has 1 aromatic heterocycles. The first-order valence-corrected chi connectivity index (χ1v) is 7.80. The molecule has 1 aromatic carbocycles. The van der Waals surface area contributed by atoms with Crippen LogP contribution in [0.2, 0.25) is 0 Å². The SMILES string of the molecule is COc1cccc(OCC(O)CNCc2cscc2C)c1. The highest BCUT2D eigenvalue weighted by Gasteiger charge is 2.06. The summed E-state index contributed by atoms with van der Waals surface area (Å²) in [4.78, 5) is 0. The molecule has 0 saturated heterocycles. The fourth-order valence-electron chi connectivity index (χ4n) is 1.88. The zero-order valence-electron chi connectivity index (χ0n) is 12.3. The molecule has 0 radical (unpaired) electrons. The molecule has 0 aliphatic carbocycles. The maximum absolute atomic E-state index is 9.92. The number of aliphatic hydroxyl groups excluding tert-OH is 1. The monoisotopic (exact) mass is 307 g/mol. The van der Waals surface area contributed by atoms with Crippen molar-refractivity contribution >= 4 is 11.3 Å². The summed E-state index contributed by atoms with van der Waals surface area (Å²) in [7, 11) is 1.62. The fraction of sp³-hybridized carbons (Fsp3) is 0.375. The van der Waals surface area contributed by atoms with E-state index < -0.39 is 6.10 Å². The molecule has 1 heterocycles. The Morgan fingerprint density at radius 3 is 2.81 bits per heavy atom. The van der Waals surface area contributed by atoms with Crippen molar-refractivity contribution in [1.29, 1.82) is 0 Å². The summed E-state index contributed by atoms with van der Waals surface area (Å²) < 4.78 is 10.7. The lowest BCUT2D eigenvalue weighted by Gasteiger charge is -2.13. The molecule has 0 spiro atoms. The molecule has 0 aliphatic rings. The topological polar surface area (TPSA) is 50.7 Å². The predicted molar refractivity (Wildman–Crippen MR) is 85.3 cm³/mol. The third kappa shape index (κ3) is 5.04. The van der Waals surface area contributed by atoms with Gasteiger partial charge >= 0.3 is 0 Å². The Bertz CT molecular complexity index is 556. The van der Waals surface area contributed by atoms with E-state index >= 15 is 0 Å². The molecule has 21 heavy (non-hydrogen) atoms. The Balaban J connectivity index is 1.69. The number of hydrogen-bond donors (Lipinski definition) is 2. The lowest BCUT2D eigenvalue weighted by molar-refractivity contribution is 0.106. The molecule has 5 heteroatoms. The third-order valence-electron chi connectivity index (χ3n) is 3.14. The summed E-state index contributed by atoms with van der Waals surface area (Å²) in [6, 6.07) is 7.36. The van der Waals surface area contributed by atoms with Crippen molar-refractivity contribution in [2.45, 2.75) is 19.6 Å². The minimum absolute atomic E-state index is 0.253. The first kappa shape index (κ1) is 15.8. The molecular weight excluding hydrogens is 286 g/mol. The minimum Gasteiger partial charge on any atom is -0.497 e. The van der Waals surface area contributed by atoms with Gasteiger partial charge in [-0.25, -0.2) is 0 Å². The third-order valence-corrected chi connectivity index (χ3v) is 4.05. The van der Waals surface area contributed by atoms with E-state index in [4.69, 9.17) is 9.47 Å².